The van der Waals surface area contributed by atoms with E-state index >= 15 is 0 Å². The van der Waals surface area contributed by atoms with Gasteiger partial charge < -0.3 is 10.1 Å². The molecule has 0 saturated carbocycles. The van der Waals surface area contributed by atoms with E-state index in [1.165, 1.54) is 26.0 Å². The van der Waals surface area contributed by atoms with Crippen LogP contribution in [0, 0.1) is 0 Å². The number of rotatable bonds is 9. The highest BCUT2D eigenvalue weighted by Crippen LogP contribution is 2.39. The lowest BCUT2D eigenvalue weighted by molar-refractivity contribution is -0.153. The number of unbranched alkanes of at least 4 members (excludes halogenated alkanes) is 1. The van der Waals surface area contributed by atoms with Crippen molar-refractivity contribution < 1.29 is 19.1 Å². The maximum Gasteiger partial charge on any atom is 0.306 e. The van der Waals surface area contributed by atoms with Crippen LogP contribution in [-0.4, -0.2) is 34.8 Å². The summed E-state index contributed by atoms with van der Waals surface area (Å²) in [5, 5.41) is 3.37. The number of anilines is 1. The Morgan fingerprint density at radius 2 is 2.04 bits per heavy atom. The van der Waals surface area contributed by atoms with Gasteiger partial charge in [-0.1, -0.05) is 40.1 Å². The van der Waals surface area contributed by atoms with Crippen molar-refractivity contribution in [3.8, 4) is 0 Å². The van der Waals surface area contributed by atoms with Crippen molar-refractivity contribution in [2.75, 3.05) is 11.1 Å². The van der Waals surface area contributed by atoms with Gasteiger partial charge in [0.1, 0.15) is 0 Å². The van der Waals surface area contributed by atoms with Crippen LogP contribution in [0.4, 0.5) is 5.69 Å². The molecule has 1 fully saturated rings. The number of amides is 1. The fourth-order valence-electron chi connectivity index (χ4n) is 2.65. The number of esters is 1. The molecule has 0 bridgehead atoms. The lowest BCUT2D eigenvalue weighted by atomic mass is 10.1. The summed E-state index contributed by atoms with van der Waals surface area (Å²) in [6.07, 6.45) is 3.58. The molecule has 1 saturated heterocycles. The van der Waals surface area contributed by atoms with Crippen LogP contribution in [0.5, 0.6) is 0 Å². The summed E-state index contributed by atoms with van der Waals surface area (Å²) in [5.41, 5.74) is 0.863. The maximum absolute atomic E-state index is 12.2. The van der Waals surface area contributed by atoms with Crippen LogP contribution in [0.25, 0.3) is 0 Å². The van der Waals surface area contributed by atoms with Crippen LogP contribution in [0.3, 0.4) is 0 Å². The van der Waals surface area contributed by atoms with Crippen molar-refractivity contribution in [1.82, 2.24) is 0 Å². The maximum atomic E-state index is 12.2. The highest BCUT2D eigenvalue weighted by Gasteiger charge is 2.20. The lowest BCUT2D eigenvalue weighted by Crippen LogP contribution is -2.30. The van der Waals surface area contributed by atoms with Gasteiger partial charge in [0, 0.05) is 23.0 Å². The van der Waals surface area contributed by atoms with Gasteiger partial charge in [-0.3, -0.25) is 14.4 Å². The van der Waals surface area contributed by atoms with E-state index < -0.39 is 12.0 Å². The first-order valence-corrected chi connectivity index (χ1v) is 11.2. The summed E-state index contributed by atoms with van der Waals surface area (Å²) >= 11 is 0. The molecule has 0 spiro atoms. The molecule has 0 aromatic heterocycles. The molecule has 0 aliphatic carbocycles. The number of ketones is 1. The first kappa shape index (κ1) is 20.8. The number of nitrogens with one attached hydrogen (secondary N) is 1. The Hall–Kier alpha value is -1.47. The summed E-state index contributed by atoms with van der Waals surface area (Å²) in [7, 11) is 3.86. The SMILES string of the molecule is CC(=O)c1ccccc1NC(=O)[C@H](C)OC(=O)CCCC[C@H]1CCSS1. The van der Waals surface area contributed by atoms with Crippen LogP contribution in [0.1, 0.15) is 56.3 Å². The number of Topliss-reactive ketones (excluding diaryl/α,β-unsaturated/α-hetero) is 1. The quantitative estimate of drug-likeness (QED) is 0.288. The Bertz CT molecular complexity index is 644. The van der Waals surface area contributed by atoms with E-state index in [1.807, 2.05) is 21.6 Å². The van der Waals surface area contributed by atoms with Crippen molar-refractivity contribution in [3.63, 3.8) is 0 Å². The van der Waals surface area contributed by atoms with Crippen molar-refractivity contribution in [2.45, 2.75) is 57.3 Å². The zero-order chi connectivity index (χ0) is 18.9. The number of hydrogen-bond donors (Lipinski definition) is 1. The van der Waals surface area contributed by atoms with Gasteiger partial charge in [0.15, 0.2) is 11.9 Å². The summed E-state index contributed by atoms with van der Waals surface area (Å²) in [4.78, 5) is 35.7. The topological polar surface area (TPSA) is 72.5 Å². The third-order valence-electron chi connectivity index (χ3n) is 4.13. The van der Waals surface area contributed by atoms with Gasteiger partial charge in [0.2, 0.25) is 0 Å². The number of ether oxygens (including phenoxy) is 1. The number of benzene rings is 1. The van der Waals surface area contributed by atoms with Gasteiger partial charge in [-0.25, -0.2) is 0 Å². The third kappa shape index (κ3) is 6.68. The van der Waals surface area contributed by atoms with Crippen LogP contribution in [0.2, 0.25) is 0 Å². The smallest absolute Gasteiger partial charge is 0.306 e. The molecule has 7 heteroatoms. The van der Waals surface area contributed by atoms with Gasteiger partial charge in [-0.2, -0.15) is 0 Å². The summed E-state index contributed by atoms with van der Waals surface area (Å²) in [6.45, 7) is 2.98. The minimum absolute atomic E-state index is 0.135. The molecule has 1 heterocycles. The summed E-state index contributed by atoms with van der Waals surface area (Å²) in [6, 6.07) is 6.77. The van der Waals surface area contributed by atoms with Crippen molar-refractivity contribution in [3.05, 3.63) is 29.8 Å². The van der Waals surface area contributed by atoms with Crippen molar-refractivity contribution in [1.29, 1.82) is 0 Å². The molecule has 26 heavy (non-hydrogen) atoms. The average Bonchev–Trinajstić information content (AvgIpc) is 3.12. The van der Waals surface area contributed by atoms with Crippen LogP contribution >= 0.6 is 21.6 Å². The number of hydrogen-bond acceptors (Lipinski definition) is 6. The highest BCUT2D eigenvalue weighted by molar-refractivity contribution is 8.77. The normalized spacial score (nSPS) is 17.5. The Morgan fingerprint density at radius 1 is 1.27 bits per heavy atom. The number of carbonyl (C=O) groups excluding carboxylic acids is 3. The fourth-order valence-corrected chi connectivity index (χ4v) is 5.68. The van der Waals surface area contributed by atoms with E-state index in [0.29, 0.717) is 22.9 Å². The molecule has 1 aromatic carbocycles. The second kappa shape index (κ2) is 10.6. The molecule has 1 aliphatic rings. The van der Waals surface area contributed by atoms with E-state index in [1.54, 1.807) is 24.3 Å². The first-order valence-electron chi connectivity index (χ1n) is 8.86. The van der Waals surface area contributed by atoms with Crippen molar-refractivity contribution >= 4 is 44.9 Å². The Balaban J connectivity index is 1.72. The predicted molar refractivity (Wildman–Crippen MR) is 108 cm³/mol. The monoisotopic (exact) mass is 395 g/mol. The third-order valence-corrected chi connectivity index (χ3v) is 7.13. The van der Waals surface area contributed by atoms with E-state index in [4.69, 9.17) is 4.74 Å². The van der Waals surface area contributed by atoms with Crippen LogP contribution < -0.4 is 5.32 Å². The Morgan fingerprint density at radius 3 is 2.73 bits per heavy atom. The van der Waals surface area contributed by atoms with Gasteiger partial charge in [-0.15, -0.1) is 0 Å². The minimum Gasteiger partial charge on any atom is -0.453 e. The second-order valence-electron chi connectivity index (χ2n) is 6.30. The molecule has 142 valence electrons. The predicted octanol–water partition coefficient (Wildman–Crippen LogP) is 4.47. The van der Waals surface area contributed by atoms with E-state index in [0.717, 1.165) is 19.3 Å². The average molecular weight is 396 g/mol. The fraction of sp³-hybridized carbons (Fsp3) is 0.526. The van der Waals surface area contributed by atoms with Crippen molar-refractivity contribution in [2.24, 2.45) is 0 Å². The van der Waals surface area contributed by atoms with Crippen LogP contribution in [0.15, 0.2) is 24.3 Å². The lowest BCUT2D eigenvalue weighted by Gasteiger charge is -2.15. The van der Waals surface area contributed by atoms with Gasteiger partial charge >= 0.3 is 5.97 Å². The molecule has 0 radical (unpaired) electrons. The summed E-state index contributed by atoms with van der Waals surface area (Å²) in [5.74, 6) is 0.285. The summed E-state index contributed by atoms with van der Waals surface area (Å²) < 4.78 is 5.21. The van der Waals surface area contributed by atoms with E-state index in [2.05, 4.69) is 5.32 Å². The molecular formula is C19H25NO4S2. The number of carbonyl (C=O) groups is 3. The van der Waals surface area contributed by atoms with E-state index in [-0.39, 0.29) is 11.8 Å². The number of para-hydroxylation sites is 1. The zero-order valence-corrected chi connectivity index (χ0v) is 16.8. The zero-order valence-electron chi connectivity index (χ0n) is 15.2. The molecule has 2 rings (SSSR count). The molecule has 5 nitrogen and oxygen atoms in total. The second-order valence-corrected chi connectivity index (χ2v) is 9.09. The highest BCUT2D eigenvalue weighted by atomic mass is 33.1. The minimum atomic E-state index is -0.899. The van der Waals surface area contributed by atoms with Gasteiger partial charge in [-0.05, 0) is 45.2 Å². The standard InChI is InChI=1S/C19H25NO4S2/c1-13(21)16-8-4-5-9-17(16)20-19(23)14(2)24-18(22)10-6-3-7-15-11-12-25-26-15/h4-5,8-9,14-15H,3,6-7,10-12H2,1-2H3,(H,20,23)/t14-,15-/m0/s1. The molecule has 0 unspecified atom stereocenters. The molecular weight excluding hydrogens is 370 g/mol. The van der Waals surface area contributed by atoms with Gasteiger partial charge in [0.25, 0.3) is 5.91 Å². The Kier molecular flexibility index (Phi) is 8.51. The van der Waals surface area contributed by atoms with Crippen LogP contribution in [-0.2, 0) is 14.3 Å². The molecule has 1 aliphatic heterocycles. The Labute approximate surface area is 162 Å². The van der Waals surface area contributed by atoms with E-state index in [9.17, 15) is 14.4 Å². The molecule has 1 N–H and O–H groups in total. The molecule has 1 amide bonds. The molecule has 1 aromatic rings. The largest absolute Gasteiger partial charge is 0.453 e. The first-order chi connectivity index (χ1) is 12.5. The molecule has 2 atom stereocenters. The van der Waals surface area contributed by atoms with Gasteiger partial charge in [0.05, 0.1) is 5.69 Å².